The van der Waals surface area contributed by atoms with Crippen LogP contribution in [-0.2, 0) is 11.4 Å². The summed E-state index contributed by atoms with van der Waals surface area (Å²) in [5, 5.41) is 11.2. The Morgan fingerprint density at radius 3 is 2.62 bits per heavy atom. The summed E-state index contributed by atoms with van der Waals surface area (Å²) in [5.74, 6) is 1.68. The zero-order valence-electron chi connectivity index (χ0n) is 17.1. The topological polar surface area (TPSA) is 77.2 Å². The number of thioether (sulfide) groups is 1. The second-order valence-electron chi connectivity index (χ2n) is 7.13. The second-order valence-corrected chi connectivity index (χ2v) is 8.06. The SMILES string of the molecule is Cc1ccc(C)c(OCc2nnc(SCC(=O)Nc3ccc(C(C)C)cc3)o2)c1. The van der Waals surface area contributed by atoms with Crippen molar-refractivity contribution >= 4 is 23.4 Å². The molecule has 0 aliphatic rings. The number of ether oxygens (including phenoxy) is 1. The molecule has 0 fully saturated rings. The maximum absolute atomic E-state index is 12.1. The maximum Gasteiger partial charge on any atom is 0.277 e. The summed E-state index contributed by atoms with van der Waals surface area (Å²) in [4.78, 5) is 12.1. The molecule has 1 aromatic heterocycles. The minimum Gasteiger partial charge on any atom is -0.484 e. The lowest BCUT2D eigenvalue weighted by atomic mass is 10.0. The molecule has 3 aromatic rings. The molecule has 3 rings (SSSR count). The van der Waals surface area contributed by atoms with E-state index in [9.17, 15) is 4.79 Å². The van der Waals surface area contributed by atoms with Crippen molar-refractivity contribution in [2.45, 2.75) is 45.4 Å². The van der Waals surface area contributed by atoms with E-state index in [1.807, 2.05) is 56.3 Å². The van der Waals surface area contributed by atoms with Gasteiger partial charge in [-0.3, -0.25) is 4.79 Å². The van der Waals surface area contributed by atoms with Gasteiger partial charge < -0.3 is 14.5 Å². The van der Waals surface area contributed by atoms with Gasteiger partial charge in [0.1, 0.15) is 5.75 Å². The van der Waals surface area contributed by atoms with Gasteiger partial charge in [0.15, 0.2) is 6.61 Å². The smallest absolute Gasteiger partial charge is 0.277 e. The molecule has 0 saturated heterocycles. The second kappa shape index (κ2) is 9.60. The number of benzene rings is 2. The van der Waals surface area contributed by atoms with Crippen LogP contribution in [0.1, 0.15) is 42.3 Å². The molecular formula is C22H25N3O3S. The normalized spacial score (nSPS) is 10.9. The molecule has 1 amide bonds. The molecule has 7 heteroatoms. The maximum atomic E-state index is 12.1. The van der Waals surface area contributed by atoms with E-state index >= 15 is 0 Å². The average Bonchev–Trinajstić information content (AvgIpc) is 3.15. The first-order chi connectivity index (χ1) is 13.9. The van der Waals surface area contributed by atoms with Crippen molar-refractivity contribution in [3.63, 3.8) is 0 Å². The van der Waals surface area contributed by atoms with Gasteiger partial charge in [-0.2, -0.15) is 0 Å². The van der Waals surface area contributed by atoms with E-state index in [2.05, 4.69) is 29.4 Å². The highest BCUT2D eigenvalue weighted by molar-refractivity contribution is 7.99. The van der Waals surface area contributed by atoms with Crippen molar-refractivity contribution in [2.75, 3.05) is 11.1 Å². The molecule has 0 radical (unpaired) electrons. The molecular weight excluding hydrogens is 386 g/mol. The Balaban J connectivity index is 1.47. The fourth-order valence-corrected chi connectivity index (χ4v) is 3.21. The molecule has 1 heterocycles. The fourth-order valence-electron chi connectivity index (χ4n) is 2.63. The highest BCUT2D eigenvalue weighted by Gasteiger charge is 2.11. The van der Waals surface area contributed by atoms with E-state index in [1.165, 1.54) is 17.3 Å². The van der Waals surface area contributed by atoms with Gasteiger partial charge in [0, 0.05) is 5.69 Å². The van der Waals surface area contributed by atoms with Crippen molar-refractivity contribution in [2.24, 2.45) is 0 Å². The third kappa shape index (κ3) is 6.09. The molecule has 0 aliphatic heterocycles. The standard InChI is InChI=1S/C22H25N3O3S/c1-14(2)17-7-9-18(10-8-17)23-20(26)13-29-22-25-24-21(28-22)12-27-19-11-15(3)5-6-16(19)4/h5-11,14H,12-13H2,1-4H3,(H,23,26). The van der Waals surface area contributed by atoms with E-state index < -0.39 is 0 Å². The average molecular weight is 412 g/mol. The van der Waals surface area contributed by atoms with Gasteiger partial charge in [0.05, 0.1) is 5.75 Å². The Morgan fingerprint density at radius 1 is 1.14 bits per heavy atom. The highest BCUT2D eigenvalue weighted by Crippen LogP contribution is 2.22. The van der Waals surface area contributed by atoms with Crippen molar-refractivity contribution < 1.29 is 13.9 Å². The molecule has 0 aliphatic carbocycles. The summed E-state index contributed by atoms with van der Waals surface area (Å²) in [6.07, 6.45) is 0. The summed E-state index contributed by atoms with van der Waals surface area (Å²) < 4.78 is 11.3. The van der Waals surface area contributed by atoms with E-state index in [1.54, 1.807) is 0 Å². The van der Waals surface area contributed by atoms with Gasteiger partial charge in [-0.25, -0.2) is 0 Å². The third-order valence-electron chi connectivity index (χ3n) is 4.33. The largest absolute Gasteiger partial charge is 0.484 e. The Bertz CT molecular complexity index is 968. The molecule has 0 saturated carbocycles. The summed E-state index contributed by atoms with van der Waals surface area (Å²) in [6, 6.07) is 13.9. The zero-order valence-corrected chi connectivity index (χ0v) is 17.9. The highest BCUT2D eigenvalue weighted by atomic mass is 32.2. The van der Waals surface area contributed by atoms with E-state index in [0.29, 0.717) is 17.0 Å². The summed E-state index contributed by atoms with van der Waals surface area (Å²) in [6.45, 7) is 8.45. The van der Waals surface area contributed by atoms with Crippen LogP contribution in [0.2, 0.25) is 0 Å². The van der Waals surface area contributed by atoms with Gasteiger partial charge in [0.25, 0.3) is 11.1 Å². The number of rotatable bonds is 8. The number of amides is 1. The number of hydrogen-bond acceptors (Lipinski definition) is 6. The van der Waals surface area contributed by atoms with Gasteiger partial charge in [-0.1, -0.05) is 49.9 Å². The van der Waals surface area contributed by atoms with Crippen LogP contribution in [0.15, 0.2) is 52.1 Å². The summed E-state index contributed by atoms with van der Waals surface area (Å²) in [7, 11) is 0. The van der Waals surface area contributed by atoms with Crippen LogP contribution >= 0.6 is 11.8 Å². The van der Waals surface area contributed by atoms with Crippen molar-refractivity contribution in [1.82, 2.24) is 10.2 Å². The Labute approximate surface area is 175 Å². The van der Waals surface area contributed by atoms with E-state index in [-0.39, 0.29) is 18.3 Å². The van der Waals surface area contributed by atoms with Crippen LogP contribution in [-0.4, -0.2) is 21.9 Å². The van der Waals surface area contributed by atoms with Crippen LogP contribution in [0, 0.1) is 13.8 Å². The molecule has 0 bridgehead atoms. The molecule has 0 unspecified atom stereocenters. The lowest BCUT2D eigenvalue weighted by Crippen LogP contribution is -2.14. The predicted octanol–water partition coefficient (Wildman–Crippen LogP) is 5.12. The number of carbonyl (C=O) groups excluding carboxylic acids is 1. The van der Waals surface area contributed by atoms with Gasteiger partial charge in [0.2, 0.25) is 5.91 Å². The lowest BCUT2D eigenvalue weighted by molar-refractivity contribution is -0.113. The van der Waals surface area contributed by atoms with E-state index in [0.717, 1.165) is 22.6 Å². The number of nitrogens with one attached hydrogen (secondary N) is 1. The number of carbonyl (C=O) groups is 1. The lowest BCUT2D eigenvalue weighted by Gasteiger charge is -2.08. The monoisotopic (exact) mass is 411 g/mol. The number of aromatic nitrogens is 2. The number of anilines is 1. The molecule has 0 spiro atoms. The van der Waals surface area contributed by atoms with Gasteiger partial charge in [-0.15, -0.1) is 10.2 Å². The van der Waals surface area contributed by atoms with Crippen molar-refractivity contribution in [1.29, 1.82) is 0 Å². The van der Waals surface area contributed by atoms with Crippen molar-refractivity contribution in [3.8, 4) is 5.75 Å². The fraction of sp³-hybridized carbons (Fsp3) is 0.318. The molecule has 29 heavy (non-hydrogen) atoms. The van der Waals surface area contributed by atoms with Gasteiger partial charge in [-0.05, 0) is 54.7 Å². The van der Waals surface area contributed by atoms with Crippen LogP contribution in [0.3, 0.4) is 0 Å². The van der Waals surface area contributed by atoms with Crippen LogP contribution in [0.5, 0.6) is 5.75 Å². The summed E-state index contributed by atoms with van der Waals surface area (Å²) >= 11 is 1.20. The predicted molar refractivity (Wildman–Crippen MR) is 114 cm³/mol. The summed E-state index contributed by atoms with van der Waals surface area (Å²) in [5.41, 5.74) is 4.17. The van der Waals surface area contributed by atoms with Crippen LogP contribution in [0.25, 0.3) is 0 Å². The number of nitrogens with zero attached hydrogens (tertiary/aromatic N) is 2. The molecule has 2 aromatic carbocycles. The van der Waals surface area contributed by atoms with Gasteiger partial charge >= 0.3 is 0 Å². The first-order valence-corrected chi connectivity index (χ1v) is 10.4. The molecule has 0 atom stereocenters. The number of hydrogen-bond donors (Lipinski definition) is 1. The van der Waals surface area contributed by atoms with Crippen molar-refractivity contribution in [3.05, 3.63) is 65.0 Å². The first-order valence-electron chi connectivity index (χ1n) is 9.46. The molecule has 152 valence electrons. The number of aryl methyl sites for hydroxylation is 2. The quantitative estimate of drug-likeness (QED) is 0.519. The third-order valence-corrected chi connectivity index (χ3v) is 5.15. The van der Waals surface area contributed by atoms with Crippen LogP contribution < -0.4 is 10.1 Å². The first kappa shape index (κ1) is 20.9. The Hall–Kier alpha value is -2.80. The molecule has 6 nitrogen and oxygen atoms in total. The Kier molecular flexibility index (Phi) is 6.93. The van der Waals surface area contributed by atoms with E-state index in [4.69, 9.17) is 9.15 Å². The minimum atomic E-state index is -0.126. The van der Waals surface area contributed by atoms with Crippen LogP contribution in [0.4, 0.5) is 5.69 Å². The minimum absolute atomic E-state index is 0.126. The zero-order chi connectivity index (χ0) is 20.8. The Morgan fingerprint density at radius 2 is 1.90 bits per heavy atom. The molecule has 1 N–H and O–H groups in total.